The minimum Gasteiger partial charge on any atom is -0.343 e. The van der Waals surface area contributed by atoms with Crippen molar-refractivity contribution < 1.29 is 0 Å². The van der Waals surface area contributed by atoms with Gasteiger partial charge in [-0.05, 0) is 13.0 Å². The van der Waals surface area contributed by atoms with Crippen molar-refractivity contribution in [1.29, 1.82) is 0 Å². The average Bonchev–Trinajstić information content (AvgIpc) is 2.44. The molecular formula is C8H10N4. The number of fused-ring (bicyclic) bond motifs is 1. The van der Waals surface area contributed by atoms with Crippen LogP contribution in [0.2, 0.25) is 0 Å². The van der Waals surface area contributed by atoms with Crippen LogP contribution < -0.4 is 5.73 Å². The molecule has 0 unspecified atom stereocenters. The highest BCUT2D eigenvalue weighted by Gasteiger charge is 2.03. The Hall–Kier alpha value is -1.42. The molecule has 0 radical (unpaired) electrons. The van der Waals surface area contributed by atoms with Crippen LogP contribution in [-0.2, 0) is 6.54 Å². The van der Waals surface area contributed by atoms with E-state index in [4.69, 9.17) is 5.73 Å². The molecule has 0 amide bonds. The predicted molar refractivity (Wildman–Crippen MR) is 46.5 cm³/mol. The first-order chi connectivity index (χ1) is 5.81. The molecule has 0 aliphatic rings. The molecule has 12 heavy (non-hydrogen) atoms. The fraction of sp³-hybridized carbons (Fsp3) is 0.250. The number of hydrogen-bond acceptors (Lipinski definition) is 3. The van der Waals surface area contributed by atoms with E-state index in [1.165, 1.54) is 6.33 Å². The highest BCUT2D eigenvalue weighted by Crippen LogP contribution is 2.14. The first kappa shape index (κ1) is 7.24. The molecule has 4 nitrogen and oxygen atoms in total. The highest BCUT2D eigenvalue weighted by molar-refractivity contribution is 5.78. The summed E-state index contributed by atoms with van der Waals surface area (Å²) in [6, 6.07) is 2.01. The molecule has 0 saturated carbocycles. The van der Waals surface area contributed by atoms with Gasteiger partial charge in [-0.2, -0.15) is 0 Å². The summed E-state index contributed by atoms with van der Waals surface area (Å²) in [5.74, 6) is 0. The summed E-state index contributed by atoms with van der Waals surface area (Å²) in [7, 11) is 0. The van der Waals surface area contributed by atoms with E-state index in [1.807, 2.05) is 13.0 Å². The summed E-state index contributed by atoms with van der Waals surface area (Å²) in [4.78, 5) is 11.3. The number of aryl methyl sites for hydroxylation is 1. The van der Waals surface area contributed by atoms with Crippen molar-refractivity contribution in [2.75, 3.05) is 0 Å². The zero-order chi connectivity index (χ0) is 8.55. The lowest BCUT2D eigenvalue weighted by molar-refractivity contribution is 0.989. The minimum absolute atomic E-state index is 0.455. The number of nitrogens with one attached hydrogen (secondary N) is 1. The predicted octanol–water partition coefficient (Wildman–Crippen LogP) is 0.725. The lowest BCUT2D eigenvalue weighted by atomic mass is 10.3. The Morgan fingerprint density at radius 3 is 3.08 bits per heavy atom. The maximum absolute atomic E-state index is 5.52. The number of aromatic amines is 1. The van der Waals surface area contributed by atoms with Crippen LogP contribution in [0.3, 0.4) is 0 Å². The van der Waals surface area contributed by atoms with E-state index < -0.39 is 0 Å². The molecule has 0 aromatic carbocycles. The summed E-state index contributed by atoms with van der Waals surface area (Å²) in [5.41, 5.74) is 8.36. The Morgan fingerprint density at radius 2 is 2.33 bits per heavy atom. The van der Waals surface area contributed by atoms with Gasteiger partial charge in [0.05, 0.1) is 5.69 Å². The Morgan fingerprint density at radius 1 is 1.50 bits per heavy atom. The van der Waals surface area contributed by atoms with Crippen LogP contribution in [0.15, 0.2) is 12.4 Å². The molecule has 0 aliphatic heterocycles. The van der Waals surface area contributed by atoms with Gasteiger partial charge in [-0.1, -0.05) is 0 Å². The van der Waals surface area contributed by atoms with Crippen LogP contribution in [-0.4, -0.2) is 15.0 Å². The van der Waals surface area contributed by atoms with Crippen LogP contribution in [0.5, 0.6) is 0 Å². The third-order valence-corrected chi connectivity index (χ3v) is 1.84. The van der Waals surface area contributed by atoms with Crippen molar-refractivity contribution in [2.45, 2.75) is 13.5 Å². The van der Waals surface area contributed by atoms with Crippen LogP contribution in [0.4, 0.5) is 0 Å². The van der Waals surface area contributed by atoms with Gasteiger partial charge in [0.15, 0.2) is 0 Å². The van der Waals surface area contributed by atoms with E-state index in [2.05, 4.69) is 15.0 Å². The standard InChI is InChI=1S/C8H10N4/c1-5-2-6-7(3-9)10-4-11-8(6)12-5/h2,4H,3,9H2,1H3,(H,10,11,12). The van der Waals surface area contributed by atoms with Gasteiger partial charge < -0.3 is 10.7 Å². The summed E-state index contributed by atoms with van der Waals surface area (Å²) >= 11 is 0. The molecule has 0 atom stereocenters. The first-order valence-corrected chi connectivity index (χ1v) is 3.80. The molecule has 0 fully saturated rings. The molecule has 2 rings (SSSR count). The summed E-state index contributed by atoms with van der Waals surface area (Å²) < 4.78 is 0. The Kier molecular flexibility index (Phi) is 1.55. The van der Waals surface area contributed by atoms with Crippen LogP contribution in [0.25, 0.3) is 11.0 Å². The third-order valence-electron chi connectivity index (χ3n) is 1.84. The zero-order valence-electron chi connectivity index (χ0n) is 6.83. The van der Waals surface area contributed by atoms with E-state index in [9.17, 15) is 0 Å². The topological polar surface area (TPSA) is 67.6 Å². The maximum Gasteiger partial charge on any atom is 0.141 e. The zero-order valence-corrected chi connectivity index (χ0v) is 6.83. The van der Waals surface area contributed by atoms with E-state index >= 15 is 0 Å². The van der Waals surface area contributed by atoms with Gasteiger partial charge in [0, 0.05) is 17.6 Å². The number of nitrogens with two attached hydrogens (primary N) is 1. The Balaban J connectivity index is 2.78. The summed E-state index contributed by atoms with van der Waals surface area (Å²) in [6.45, 7) is 2.44. The second kappa shape index (κ2) is 2.57. The van der Waals surface area contributed by atoms with Crippen LogP contribution in [0.1, 0.15) is 11.4 Å². The van der Waals surface area contributed by atoms with Gasteiger partial charge >= 0.3 is 0 Å². The molecule has 2 heterocycles. The fourth-order valence-electron chi connectivity index (χ4n) is 1.29. The van der Waals surface area contributed by atoms with Crippen molar-refractivity contribution in [3.8, 4) is 0 Å². The van der Waals surface area contributed by atoms with Crippen molar-refractivity contribution >= 4 is 11.0 Å². The van der Waals surface area contributed by atoms with Crippen molar-refractivity contribution in [2.24, 2.45) is 5.73 Å². The monoisotopic (exact) mass is 162 g/mol. The molecule has 0 spiro atoms. The lowest BCUT2D eigenvalue weighted by Crippen LogP contribution is -2.00. The summed E-state index contributed by atoms with van der Waals surface area (Å²) in [5, 5.41) is 1.03. The van der Waals surface area contributed by atoms with Crippen LogP contribution >= 0.6 is 0 Å². The number of nitrogens with zero attached hydrogens (tertiary/aromatic N) is 2. The van der Waals surface area contributed by atoms with E-state index in [-0.39, 0.29) is 0 Å². The van der Waals surface area contributed by atoms with E-state index in [0.29, 0.717) is 6.54 Å². The Bertz CT molecular complexity index is 404. The van der Waals surface area contributed by atoms with Gasteiger partial charge in [-0.15, -0.1) is 0 Å². The number of aromatic nitrogens is 3. The van der Waals surface area contributed by atoms with Gasteiger partial charge in [-0.3, -0.25) is 0 Å². The van der Waals surface area contributed by atoms with Gasteiger partial charge in [0.25, 0.3) is 0 Å². The molecule has 0 aliphatic carbocycles. The Labute approximate surface area is 69.8 Å². The maximum atomic E-state index is 5.52. The second-order valence-electron chi connectivity index (χ2n) is 2.74. The average molecular weight is 162 g/mol. The van der Waals surface area contributed by atoms with Gasteiger partial charge in [-0.25, -0.2) is 9.97 Å². The van der Waals surface area contributed by atoms with E-state index in [1.54, 1.807) is 0 Å². The van der Waals surface area contributed by atoms with Crippen molar-refractivity contribution in [1.82, 2.24) is 15.0 Å². The molecule has 2 aromatic rings. The number of hydrogen-bond donors (Lipinski definition) is 2. The number of rotatable bonds is 1. The minimum atomic E-state index is 0.455. The van der Waals surface area contributed by atoms with Crippen LogP contribution in [0, 0.1) is 6.92 Å². The summed E-state index contributed by atoms with van der Waals surface area (Å²) in [6.07, 6.45) is 1.53. The quantitative estimate of drug-likeness (QED) is 0.649. The van der Waals surface area contributed by atoms with Gasteiger partial charge in [0.1, 0.15) is 12.0 Å². The molecular weight excluding hydrogens is 152 g/mol. The lowest BCUT2D eigenvalue weighted by Gasteiger charge is -1.94. The molecule has 3 N–H and O–H groups in total. The normalized spacial score (nSPS) is 10.8. The van der Waals surface area contributed by atoms with E-state index in [0.717, 1.165) is 22.4 Å². The smallest absolute Gasteiger partial charge is 0.141 e. The fourth-order valence-corrected chi connectivity index (χ4v) is 1.29. The van der Waals surface area contributed by atoms with Gasteiger partial charge in [0.2, 0.25) is 0 Å². The highest BCUT2D eigenvalue weighted by atomic mass is 14.9. The van der Waals surface area contributed by atoms with Crippen molar-refractivity contribution in [3.05, 3.63) is 23.8 Å². The van der Waals surface area contributed by atoms with Crippen molar-refractivity contribution in [3.63, 3.8) is 0 Å². The first-order valence-electron chi connectivity index (χ1n) is 3.80. The second-order valence-corrected chi connectivity index (χ2v) is 2.74. The largest absolute Gasteiger partial charge is 0.343 e. The molecule has 0 saturated heterocycles. The molecule has 2 aromatic heterocycles. The molecule has 62 valence electrons. The molecule has 0 bridgehead atoms. The number of H-pyrrole nitrogens is 1. The third kappa shape index (κ3) is 0.967. The SMILES string of the molecule is Cc1cc2c(CN)ncnc2[nH]1. The molecule has 4 heteroatoms.